The van der Waals surface area contributed by atoms with E-state index in [1.54, 1.807) is 65.6 Å². The Kier molecular flexibility index (Phi) is 9.07. The third-order valence-corrected chi connectivity index (χ3v) is 10.0. The number of benzene rings is 4. The normalized spacial score (nSPS) is 14.6. The highest BCUT2D eigenvalue weighted by Gasteiger charge is 2.39. The van der Waals surface area contributed by atoms with Gasteiger partial charge >= 0.3 is 0 Å². The van der Waals surface area contributed by atoms with Crippen LogP contribution in [-0.4, -0.2) is 56.6 Å². The van der Waals surface area contributed by atoms with Crippen LogP contribution in [0.15, 0.2) is 97.1 Å². The molecule has 4 aromatic carbocycles. The molecule has 2 amide bonds. The Morgan fingerprint density at radius 2 is 1.49 bits per heavy atom. The summed E-state index contributed by atoms with van der Waals surface area (Å²) in [7, 11) is -2.78. The van der Waals surface area contributed by atoms with E-state index in [4.69, 9.17) is 0 Å². The molecule has 0 saturated carbocycles. The van der Waals surface area contributed by atoms with E-state index in [0.29, 0.717) is 29.9 Å². The number of nitrogens with zero attached hydrogens (tertiary/aromatic N) is 3. The fourth-order valence-electron chi connectivity index (χ4n) is 5.45. The van der Waals surface area contributed by atoms with Crippen LogP contribution in [-0.2, 0) is 32.5 Å². The molecular weight excluding hydrogens is 560 g/mol. The predicted octanol–water partition coefficient (Wildman–Crippen LogP) is 4.44. The molecule has 1 fully saturated rings. The Hall–Kier alpha value is -4.68. The summed E-state index contributed by atoms with van der Waals surface area (Å²) in [6, 6.07) is 30.0. The summed E-state index contributed by atoms with van der Waals surface area (Å²) in [6.07, 6.45) is 1.87. The van der Waals surface area contributed by atoms with Gasteiger partial charge in [0.2, 0.25) is 21.8 Å². The predicted molar refractivity (Wildman–Crippen MR) is 168 cm³/mol. The summed E-state index contributed by atoms with van der Waals surface area (Å²) >= 11 is 0. The van der Waals surface area contributed by atoms with Crippen molar-refractivity contribution in [2.75, 3.05) is 24.4 Å². The molecule has 0 bridgehead atoms. The zero-order chi connectivity index (χ0) is 30.4. The smallest absolute Gasteiger partial charge is 0.247 e. The number of rotatable bonds is 10. The molecule has 220 valence electrons. The topological polar surface area (TPSA) is 111 Å². The fraction of sp³-hybridized carbons (Fsp3) is 0.265. The van der Waals surface area contributed by atoms with Gasteiger partial charge in [0.1, 0.15) is 6.04 Å². The molecule has 1 aliphatic rings. The van der Waals surface area contributed by atoms with Crippen LogP contribution in [0.1, 0.15) is 29.5 Å². The summed E-state index contributed by atoms with van der Waals surface area (Å²) in [5, 5.41) is 12.4. The second kappa shape index (κ2) is 13.1. The van der Waals surface area contributed by atoms with Crippen molar-refractivity contribution in [1.82, 2.24) is 10.2 Å². The minimum Gasteiger partial charge on any atom is -0.343 e. The van der Waals surface area contributed by atoms with Crippen molar-refractivity contribution in [1.29, 1.82) is 5.26 Å². The maximum atomic E-state index is 14.2. The zero-order valence-corrected chi connectivity index (χ0v) is 24.8. The van der Waals surface area contributed by atoms with E-state index in [9.17, 15) is 23.3 Å². The third-order valence-electron chi connectivity index (χ3n) is 7.95. The highest BCUT2D eigenvalue weighted by molar-refractivity contribution is 7.94. The largest absolute Gasteiger partial charge is 0.343 e. The SMILES string of the molecule is CN(c1ccc2ccccc2c1)S(=O)(=O)C(Cc1ccccc1)C(=O)NC(Cc1ccc(C#N)cc1)C(=O)N1CCCC1. The van der Waals surface area contributed by atoms with E-state index in [1.807, 2.05) is 36.4 Å². The van der Waals surface area contributed by atoms with E-state index in [2.05, 4.69) is 11.4 Å². The van der Waals surface area contributed by atoms with Gasteiger partial charge in [-0.25, -0.2) is 8.42 Å². The molecule has 43 heavy (non-hydrogen) atoms. The van der Waals surface area contributed by atoms with Crippen molar-refractivity contribution in [3.63, 3.8) is 0 Å². The lowest BCUT2D eigenvalue weighted by atomic mass is 10.0. The number of likely N-dealkylation sites (tertiary alicyclic amines) is 1. The van der Waals surface area contributed by atoms with Crippen molar-refractivity contribution in [2.24, 2.45) is 0 Å². The highest BCUT2D eigenvalue weighted by atomic mass is 32.2. The molecule has 1 heterocycles. The van der Waals surface area contributed by atoms with Crippen molar-refractivity contribution < 1.29 is 18.0 Å². The second-order valence-electron chi connectivity index (χ2n) is 10.8. The highest BCUT2D eigenvalue weighted by Crippen LogP contribution is 2.26. The number of anilines is 1. The van der Waals surface area contributed by atoms with Gasteiger partial charge in [0, 0.05) is 26.6 Å². The number of amides is 2. The van der Waals surface area contributed by atoms with Crippen molar-refractivity contribution in [3.05, 3.63) is 114 Å². The summed E-state index contributed by atoms with van der Waals surface area (Å²) in [4.78, 5) is 29.4. The fourth-order valence-corrected chi connectivity index (χ4v) is 6.98. The average Bonchev–Trinajstić information content (AvgIpc) is 3.58. The van der Waals surface area contributed by atoms with Gasteiger partial charge in [0.05, 0.1) is 17.3 Å². The molecule has 0 aromatic heterocycles. The molecule has 4 aromatic rings. The van der Waals surface area contributed by atoms with E-state index in [-0.39, 0.29) is 18.7 Å². The van der Waals surface area contributed by atoms with E-state index in [1.165, 1.54) is 7.05 Å². The number of fused-ring (bicyclic) bond motifs is 1. The minimum absolute atomic E-state index is 0.0611. The maximum Gasteiger partial charge on any atom is 0.247 e. The van der Waals surface area contributed by atoms with Crippen LogP contribution >= 0.6 is 0 Å². The Bertz CT molecular complexity index is 1740. The molecule has 1 aliphatic heterocycles. The van der Waals surface area contributed by atoms with Gasteiger partial charge < -0.3 is 10.2 Å². The summed E-state index contributed by atoms with van der Waals surface area (Å²) in [6.45, 7) is 1.18. The van der Waals surface area contributed by atoms with Crippen LogP contribution in [0.4, 0.5) is 5.69 Å². The van der Waals surface area contributed by atoms with Gasteiger partial charge in [-0.2, -0.15) is 5.26 Å². The Balaban J connectivity index is 1.47. The van der Waals surface area contributed by atoms with Gasteiger partial charge in [-0.15, -0.1) is 0 Å². The van der Waals surface area contributed by atoms with Gasteiger partial charge in [-0.1, -0.05) is 72.8 Å². The quantitative estimate of drug-likeness (QED) is 0.292. The van der Waals surface area contributed by atoms with Crippen LogP contribution < -0.4 is 9.62 Å². The molecule has 0 aliphatic carbocycles. The molecule has 9 heteroatoms. The van der Waals surface area contributed by atoms with E-state index >= 15 is 0 Å². The maximum absolute atomic E-state index is 14.2. The van der Waals surface area contributed by atoms with Crippen LogP contribution in [0.2, 0.25) is 0 Å². The Labute approximate surface area is 252 Å². The molecule has 1 saturated heterocycles. The van der Waals surface area contributed by atoms with Gasteiger partial charge in [0.15, 0.2) is 5.25 Å². The molecule has 8 nitrogen and oxygen atoms in total. The first-order chi connectivity index (χ1) is 20.8. The van der Waals surface area contributed by atoms with Crippen LogP contribution in [0.25, 0.3) is 10.8 Å². The third kappa shape index (κ3) is 6.87. The number of nitrogens with one attached hydrogen (secondary N) is 1. The van der Waals surface area contributed by atoms with Gasteiger partial charge in [-0.3, -0.25) is 13.9 Å². The average molecular weight is 595 g/mol. The number of nitriles is 1. The number of carbonyl (C=O) groups is 2. The number of sulfonamides is 1. The van der Waals surface area contributed by atoms with Crippen molar-refractivity contribution >= 4 is 38.3 Å². The van der Waals surface area contributed by atoms with Gasteiger partial charge in [0.25, 0.3) is 0 Å². The number of hydrogen-bond acceptors (Lipinski definition) is 5. The molecule has 5 rings (SSSR count). The minimum atomic E-state index is -4.23. The van der Waals surface area contributed by atoms with Crippen molar-refractivity contribution in [3.8, 4) is 6.07 Å². The summed E-state index contributed by atoms with van der Waals surface area (Å²) in [5.41, 5.74) is 2.37. The second-order valence-corrected chi connectivity index (χ2v) is 13.0. The molecule has 0 spiro atoms. The number of hydrogen-bond donors (Lipinski definition) is 1. The molecule has 2 atom stereocenters. The monoisotopic (exact) mass is 594 g/mol. The molecule has 1 N–H and O–H groups in total. The van der Waals surface area contributed by atoms with Gasteiger partial charge in [-0.05, 0) is 65.4 Å². The number of carbonyl (C=O) groups excluding carboxylic acids is 2. The Morgan fingerprint density at radius 3 is 2.16 bits per heavy atom. The van der Waals surface area contributed by atoms with Crippen LogP contribution in [0.5, 0.6) is 0 Å². The first kappa shape index (κ1) is 29.8. The van der Waals surface area contributed by atoms with Crippen molar-refractivity contribution in [2.45, 2.75) is 37.0 Å². The summed E-state index contributed by atoms with van der Waals surface area (Å²) < 4.78 is 29.5. The first-order valence-corrected chi connectivity index (χ1v) is 15.9. The standard InChI is InChI=1S/C34H34N4O4S/c1-37(30-18-17-28-11-5-6-12-29(28)23-30)43(41,42)32(22-25-9-3-2-4-10-25)33(39)36-31(34(40)38-19-7-8-20-38)21-26-13-15-27(24-35)16-14-26/h2-6,9-18,23,31-32H,7-8,19-22H2,1H3,(H,36,39). The lowest BCUT2D eigenvalue weighted by Crippen LogP contribution is -2.54. The molecule has 0 radical (unpaired) electrons. The van der Waals surface area contributed by atoms with E-state index < -0.39 is 27.2 Å². The van der Waals surface area contributed by atoms with Crippen LogP contribution in [0, 0.1) is 11.3 Å². The lowest BCUT2D eigenvalue weighted by Gasteiger charge is -2.29. The lowest BCUT2D eigenvalue weighted by molar-refractivity contribution is -0.135. The first-order valence-electron chi connectivity index (χ1n) is 14.3. The van der Waals surface area contributed by atoms with Crippen LogP contribution in [0.3, 0.4) is 0 Å². The zero-order valence-electron chi connectivity index (χ0n) is 24.0. The summed E-state index contributed by atoms with van der Waals surface area (Å²) in [5.74, 6) is -0.975. The molecule has 2 unspecified atom stereocenters. The van der Waals surface area contributed by atoms with E-state index in [0.717, 1.165) is 33.5 Å². The molecular formula is C34H34N4O4S. The Morgan fingerprint density at radius 1 is 0.860 bits per heavy atom.